The largest absolute Gasteiger partial charge is 0.403 e. The minimum absolute atomic E-state index is 0.0398. The van der Waals surface area contributed by atoms with E-state index in [2.05, 4.69) is 50.0 Å². The Labute approximate surface area is 280 Å². The fourth-order valence-electron chi connectivity index (χ4n) is 6.52. The van der Waals surface area contributed by atoms with Crippen molar-refractivity contribution in [1.82, 2.24) is 9.88 Å². The lowest BCUT2D eigenvalue weighted by Crippen LogP contribution is -2.66. The Bertz CT molecular complexity index is 1650. The third kappa shape index (κ3) is 6.91. The van der Waals surface area contributed by atoms with E-state index in [1.165, 1.54) is 17.2 Å². The molecule has 1 aromatic heterocycles. The maximum Gasteiger partial charge on any atom is 0.265 e. The first-order valence-electron chi connectivity index (χ1n) is 15.8. The number of hydrogen-bond acceptors (Lipinski definition) is 7. The summed E-state index contributed by atoms with van der Waals surface area (Å²) in [6.07, 6.45) is -0.668. The van der Waals surface area contributed by atoms with Crippen molar-refractivity contribution in [1.29, 1.82) is 0 Å². The number of benzene rings is 3. The van der Waals surface area contributed by atoms with E-state index in [9.17, 15) is 9.90 Å². The zero-order valence-corrected chi connectivity index (χ0v) is 29.8. The summed E-state index contributed by atoms with van der Waals surface area (Å²) in [6.45, 7) is 10.9. The second-order valence-corrected chi connectivity index (χ2v) is 18.7. The number of thiazole rings is 1. The number of anilines is 1. The number of rotatable bonds is 9. The molecule has 1 fully saturated rings. The summed E-state index contributed by atoms with van der Waals surface area (Å²) in [5, 5.41) is 13.3. The van der Waals surface area contributed by atoms with Crippen molar-refractivity contribution in [2.24, 2.45) is 0 Å². The molecule has 1 unspecified atom stereocenters. The molecule has 4 aromatic rings. The van der Waals surface area contributed by atoms with Crippen molar-refractivity contribution in [2.45, 2.75) is 64.6 Å². The van der Waals surface area contributed by atoms with Crippen LogP contribution in [0.15, 0.2) is 72.9 Å². The van der Waals surface area contributed by atoms with Gasteiger partial charge < -0.3 is 24.1 Å². The van der Waals surface area contributed by atoms with Gasteiger partial charge in [0.15, 0.2) is 11.6 Å². The van der Waals surface area contributed by atoms with Crippen LogP contribution in [0.1, 0.15) is 66.5 Å². The average Bonchev–Trinajstić information content (AvgIpc) is 3.52. The van der Waals surface area contributed by atoms with Crippen molar-refractivity contribution >= 4 is 41.6 Å². The number of nitrogens with zero attached hydrogens (tertiary/aromatic N) is 3. The van der Waals surface area contributed by atoms with Crippen LogP contribution in [0.25, 0.3) is 0 Å². The zero-order valence-electron chi connectivity index (χ0n) is 28.0. The molecule has 3 aromatic carbocycles. The molecule has 0 bridgehead atoms. The first-order chi connectivity index (χ1) is 22.2. The van der Waals surface area contributed by atoms with Gasteiger partial charge >= 0.3 is 0 Å². The molecule has 1 amide bonds. The van der Waals surface area contributed by atoms with Crippen LogP contribution < -0.4 is 15.3 Å². The Hall–Kier alpha value is -3.48. The van der Waals surface area contributed by atoms with Gasteiger partial charge in [-0.15, -0.1) is 11.3 Å². The number of amides is 1. The number of aliphatic hydroxyl groups is 1. The summed E-state index contributed by atoms with van der Waals surface area (Å²) < 4.78 is 45.7. The number of carbonyl (C=O) groups is 1. The van der Waals surface area contributed by atoms with Crippen LogP contribution in [0.4, 0.5) is 14.5 Å². The number of carbonyl (C=O) groups excluding carboxylic acids is 1. The predicted octanol–water partition coefficient (Wildman–Crippen LogP) is 5.90. The van der Waals surface area contributed by atoms with Gasteiger partial charge in [-0.05, 0) is 35.3 Å². The molecular formula is C36H43F2N3O4SSi. The van der Waals surface area contributed by atoms with E-state index in [-0.39, 0.29) is 50.9 Å². The zero-order chi connectivity index (χ0) is 34.1. The van der Waals surface area contributed by atoms with Crippen molar-refractivity contribution in [3.05, 3.63) is 106 Å². The van der Waals surface area contributed by atoms with Gasteiger partial charge in [0.05, 0.1) is 30.7 Å². The third-order valence-corrected chi connectivity index (χ3v) is 14.6. The van der Waals surface area contributed by atoms with Crippen LogP contribution in [0, 0.1) is 11.6 Å². The summed E-state index contributed by atoms with van der Waals surface area (Å²) in [5.41, 5.74) is 0.245. The van der Waals surface area contributed by atoms with Crippen LogP contribution in [0.5, 0.6) is 0 Å². The van der Waals surface area contributed by atoms with E-state index >= 15 is 8.78 Å². The minimum atomic E-state index is -3.07. The molecule has 0 spiro atoms. The molecule has 7 nitrogen and oxygen atoms in total. The number of hydrogen-bond donors (Lipinski definition) is 1. The van der Waals surface area contributed by atoms with Gasteiger partial charge in [-0.3, -0.25) is 4.79 Å². The van der Waals surface area contributed by atoms with Crippen LogP contribution in [-0.4, -0.2) is 68.6 Å². The molecule has 1 aliphatic rings. The van der Waals surface area contributed by atoms with E-state index < -0.39 is 26.1 Å². The molecule has 2 heterocycles. The number of aliphatic hydroxyl groups excluding tert-OH is 1. The van der Waals surface area contributed by atoms with E-state index in [0.29, 0.717) is 18.7 Å². The summed E-state index contributed by atoms with van der Waals surface area (Å²) in [7, 11) is 0.152. The van der Waals surface area contributed by atoms with E-state index in [4.69, 9.17) is 9.16 Å². The molecule has 1 N–H and O–H groups in total. The number of ether oxygens (including phenoxy) is 1. The number of halogens is 2. The summed E-state index contributed by atoms with van der Waals surface area (Å²) >= 11 is 0.948. The van der Waals surface area contributed by atoms with Gasteiger partial charge in [-0.2, -0.15) is 0 Å². The molecule has 11 heteroatoms. The van der Waals surface area contributed by atoms with Gasteiger partial charge in [0.2, 0.25) is 0 Å². The molecule has 250 valence electrons. The molecule has 0 radical (unpaired) electrons. The quantitative estimate of drug-likeness (QED) is 0.223. The Morgan fingerprint density at radius 1 is 1.04 bits per heavy atom. The fourth-order valence-corrected chi connectivity index (χ4v) is 12.0. The summed E-state index contributed by atoms with van der Waals surface area (Å²) in [5.74, 6) is -2.52. The average molecular weight is 680 g/mol. The van der Waals surface area contributed by atoms with Gasteiger partial charge in [-0.25, -0.2) is 13.8 Å². The Morgan fingerprint density at radius 3 is 2.11 bits per heavy atom. The maximum atomic E-state index is 16.5. The van der Waals surface area contributed by atoms with Crippen LogP contribution in [-0.2, 0) is 15.8 Å². The topological polar surface area (TPSA) is 75.1 Å². The highest BCUT2D eigenvalue weighted by molar-refractivity contribution is 7.13. The normalized spacial score (nSPS) is 17.9. The minimum Gasteiger partial charge on any atom is -0.403 e. The molecule has 0 saturated carbocycles. The Kier molecular flexibility index (Phi) is 10.3. The van der Waals surface area contributed by atoms with Crippen molar-refractivity contribution in [3.8, 4) is 0 Å². The molecular weight excluding hydrogens is 637 g/mol. The maximum absolute atomic E-state index is 16.5. The first kappa shape index (κ1) is 34.8. The lowest BCUT2D eigenvalue weighted by molar-refractivity contribution is -0.00554. The lowest BCUT2D eigenvalue weighted by atomic mass is 10.0. The molecule has 1 aliphatic heterocycles. The Balaban J connectivity index is 1.66. The van der Waals surface area contributed by atoms with E-state index in [1.54, 1.807) is 14.1 Å². The van der Waals surface area contributed by atoms with Crippen molar-refractivity contribution in [3.63, 3.8) is 0 Å². The number of aromatic nitrogens is 1. The van der Waals surface area contributed by atoms with Gasteiger partial charge in [0.25, 0.3) is 14.2 Å². The van der Waals surface area contributed by atoms with Crippen LogP contribution in [0.2, 0.25) is 5.04 Å². The van der Waals surface area contributed by atoms with Crippen molar-refractivity contribution < 1.29 is 27.8 Å². The standard InChI is InChI=1S/C36H43F2N3O4SSi/c1-23-20-41(21-24(2)45-23)32-25(18-28(30(37)31(32)38)33(42)34-39-19-29(46-34)35(43)40(6)7)22-44-47(36(3,4)5,26-14-10-8-11-15-26)27-16-12-9-13-17-27/h8-19,23-24,33,42H,20-22H2,1-7H3/t23-,24+,33?. The van der Waals surface area contributed by atoms with E-state index in [0.717, 1.165) is 21.7 Å². The third-order valence-electron chi connectivity index (χ3n) is 8.55. The molecule has 1 saturated heterocycles. The fraction of sp³-hybridized carbons (Fsp3) is 0.389. The predicted molar refractivity (Wildman–Crippen MR) is 185 cm³/mol. The van der Waals surface area contributed by atoms with Gasteiger partial charge in [0.1, 0.15) is 16.0 Å². The second-order valence-electron chi connectivity index (χ2n) is 13.4. The highest BCUT2D eigenvalue weighted by Crippen LogP contribution is 2.40. The number of morpholine rings is 1. The summed E-state index contributed by atoms with van der Waals surface area (Å²) in [4.78, 5) is 20.2. The molecule has 5 rings (SSSR count). The van der Waals surface area contributed by atoms with Crippen LogP contribution in [0.3, 0.4) is 0 Å². The molecule has 3 atom stereocenters. The van der Waals surface area contributed by atoms with Crippen LogP contribution >= 0.6 is 11.3 Å². The van der Waals surface area contributed by atoms with Gasteiger partial charge in [0, 0.05) is 38.3 Å². The molecule has 47 heavy (non-hydrogen) atoms. The second kappa shape index (κ2) is 13.9. The highest BCUT2D eigenvalue weighted by atomic mass is 32.1. The highest BCUT2D eigenvalue weighted by Gasteiger charge is 2.50. The van der Waals surface area contributed by atoms with E-state index in [1.807, 2.05) is 55.1 Å². The SMILES string of the molecule is C[C@@H]1CN(c2c(CO[Si](c3ccccc3)(c3ccccc3)C(C)(C)C)cc(C(O)c3ncc(C(=O)N(C)C)s3)c(F)c2F)C[C@H](C)O1. The van der Waals surface area contributed by atoms with Gasteiger partial charge in [-0.1, -0.05) is 81.4 Å². The lowest BCUT2D eigenvalue weighted by Gasteiger charge is -2.43. The first-order valence-corrected chi connectivity index (χ1v) is 18.5. The smallest absolute Gasteiger partial charge is 0.265 e. The monoisotopic (exact) mass is 679 g/mol. The summed E-state index contributed by atoms with van der Waals surface area (Å²) in [6, 6.07) is 21.7. The van der Waals surface area contributed by atoms with Crippen molar-refractivity contribution in [2.75, 3.05) is 32.1 Å². The Morgan fingerprint density at radius 2 is 1.60 bits per heavy atom. The molecule has 0 aliphatic carbocycles.